The number of ether oxygens (including phenoxy) is 4. The van der Waals surface area contributed by atoms with E-state index < -0.39 is 12.1 Å². The second kappa shape index (κ2) is 28.4. The zero-order valence-electron chi connectivity index (χ0n) is 32.3. The molecule has 1 rings (SSSR count). The summed E-state index contributed by atoms with van der Waals surface area (Å²) in [6.45, 7) is 16.3. The number of esters is 2. The van der Waals surface area contributed by atoms with Gasteiger partial charge >= 0.3 is 18.1 Å². The fourth-order valence-electron chi connectivity index (χ4n) is 6.23. The lowest BCUT2D eigenvalue weighted by Crippen LogP contribution is -2.32. The Kier molecular flexibility index (Phi) is 25.9. The van der Waals surface area contributed by atoms with Crippen LogP contribution in [0.1, 0.15) is 151 Å². The molecule has 8 nitrogen and oxygen atoms in total. The standard InChI is InChI=1S/C41H73NO7/c1-7-10-11-12-13-14-15-16-17-18-19-20-21-22-23-25-38(43)47-32-35(34-49-40(45)46-31-24-30-42(8-2)9-3)33-48-39(44)36-26-28-37(29-27-36)41(4,5)6/h13-14,16-17,35-37H,7-12,15,18-34H2,1-6H3/b14-13-,17-16-. The molecule has 0 radical (unpaired) electrons. The molecule has 1 aliphatic rings. The van der Waals surface area contributed by atoms with E-state index in [2.05, 4.69) is 70.7 Å². The van der Waals surface area contributed by atoms with Crippen LogP contribution in [0, 0.1) is 23.2 Å². The molecule has 0 spiro atoms. The first kappa shape index (κ1) is 44.7. The van der Waals surface area contributed by atoms with Crippen molar-refractivity contribution in [1.29, 1.82) is 0 Å². The fraction of sp³-hybridized carbons (Fsp3) is 0.829. The summed E-state index contributed by atoms with van der Waals surface area (Å²) in [6, 6.07) is 0. The highest BCUT2D eigenvalue weighted by Crippen LogP contribution is 2.40. The lowest BCUT2D eigenvalue weighted by Gasteiger charge is -2.36. The maximum Gasteiger partial charge on any atom is 0.508 e. The number of hydrogen-bond donors (Lipinski definition) is 0. The second-order valence-corrected chi connectivity index (χ2v) is 14.9. The zero-order valence-corrected chi connectivity index (χ0v) is 32.3. The smallest absolute Gasteiger partial charge is 0.465 e. The molecule has 1 atom stereocenters. The first-order chi connectivity index (χ1) is 23.6. The van der Waals surface area contributed by atoms with E-state index in [1.165, 1.54) is 25.7 Å². The van der Waals surface area contributed by atoms with Gasteiger partial charge in [-0.15, -0.1) is 0 Å². The molecule has 1 saturated carbocycles. The molecule has 0 heterocycles. The number of allylic oxidation sites excluding steroid dienone is 4. The molecule has 284 valence electrons. The largest absolute Gasteiger partial charge is 0.508 e. The van der Waals surface area contributed by atoms with Crippen LogP contribution in [0.5, 0.6) is 0 Å². The van der Waals surface area contributed by atoms with Crippen molar-refractivity contribution in [3.8, 4) is 0 Å². The minimum atomic E-state index is -0.757. The molecular weight excluding hydrogens is 618 g/mol. The van der Waals surface area contributed by atoms with Crippen molar-refractivity contribution in [3.63, 3.8) is 0 Å². The monoisotopic (exact) mass is 692 g/mol. The van der Waals surface area contributed by atoms with Gasteiger partial charge < -0.3 is 23.8 Å². The van der Waals surface area contributed by atoms with Gasteiger partial charge in [0.2, 0.25) is 0 Å². The van der Waals surface area contributed by atoms with Crippen LogP contribution in [-0.4, -0.2) is 69.1 Å². The van der Waals surface area contributed by atoms with Gasteiger partial charge in [0.15, 0.2) is 0 Å². The Bertz CT molecular complexity index is 913. The van der Waals surface area contributed by atoms with Crippen molar-refractivity contribution in [3.05, 3.63) is 24.3 Å². The second-order valence-electron chi connectivity index (χ2n) is 14.9. The molecule has 0 amide bonds. The third-order valence-corrected chi connectivity index (χ3v) is 9.73. The van der Waals surface area contributed by atoms with Gasteiger partial charge in [-0.3, -0.25) is 9.59 Å². The van der Waals surface area contributed by atoms with Crippen LogP contribution in [0.4, 0.5) is 4.79 Å². The van der Waals surface area contributed by atoms with Gasteiger partial charge in [-0.05, 0) is 95.1 Å². The highest BCUT2D eigenvalue weighted by atomic mass is 16.7. The highest BCUT2D eigenvalue weighted by Gasteiger charge is 2.33. The molecular formula is C41H73NO7. The normalized spacial score (nSPS) is 17.4. The Morgan fingerprint density at radius 3 is 1.92 bits per heavy atom. The summed E-state index contributed by atoms with van der Waals surface area (Å²) in [6.07, 6.45) is 25.4. The average Bonchev–Trinajstić information content (AvgIpc) is 3.09. The molecule has 0 N–H and O–H groups in total. The molecule has 0 aromatic heterocycles. The van der Waals surface area contributed by atoms with E-state index in [1.807, 2.05) is 0 Å². The fourth-order valence-corrected chi connectivity index (χ4v) is 6.23. The Morgan fingerprint density at radius 2 is 1.29 bits per heavy atom. The third kappa shape index (κ3) is 23.6. The predicted molar refractivity (Wildman–Crippen MR) is 199 cm³/mol. The molecule has 0 bridgehead atoms. The topological polar surface area (TPSA) is 91.4 Å². The van der Waals surface area contributed by atoms with Crippen molar-refractivity contribution in [1.82, 2.24) is 4.90 Å². The van der Waals surface area contributed by atoms with Crippen LogP contribution in [0.15, 0.2) is 24.3 Å². The lowest BCUT2D eigenvalue weighted by molar-refractivity contribution is -0.154. The number of rotatable bonds is 27. The molecule has 0 aromatic rings. The lowest BCUT2D eigenvalue weighted by atomic mass is 9.70. The molecule has 0 saturated heterocycles. The summed E-state index contributed by atoms with van der Waals surface area (Å²) in [5.41, 5.74) is 0.239. The summed E-state index contributed by atoms with van der Waals surface area (Å²) in [7, 11) is 0. The minimum absolute atomic E-state index is 0.0262. The number of unbranched alkanes of at least 4 members (excludes halogenated alkanes) is 8. The first-order valence-electron chi connectivity index (χ1n) is 19.7. The van der Waals surface area contributed by atoms with Crippen molar-refractivity contribution >= 4 is 18.1 Å². The van der Waals surface area contributed by atoms with Crippen molar-refractivity contribution in [2.45, 2.75) is 151 Å². The number of carbonyl (C=O) groups is 3. The van der Waals surface area contributed by atoms with Crippen LogP contribution in [-0.2, 0) is 28.5 Å². The van der Waals surface area contributed by atoms with E-state index in [0.29, 0.717) is 12.3 Å². The van der Waals surface area contributed by atoms with Crippen LogP contribution in [0.25, 0.3) is 0 Å². The predicted octanol–water partition coefficient (Wildman–Crippen LogP) is 10.2. The Balaban J connectivity index is 2.38. The maximum atomic E-state index is 12.9. The summed E-state index contributed by atoms with van der Waals surface area (Å²) < 4.78 is 21.8. The first-order valence-corrected chi connectivity index (χ1v) is 19.7. The zero-order chi connectivity index (χ0) is 36.2. The molecule has 1 fully saturated rings. The number of carbonyl (C=O) groups excluding carboxylic acids is 3. The molecule has 0 aliphatic heterocycles. The van der Waals surface area contributed by atoms with E-state index in [0.717, 1.165) is 96.7 Å². The van der Waals surface area contributed by atoms with Gasteiger partial charge in [-0.2, -0.15) is 0 Å². The molecule has 8 heteroatoms. The van der Waals surface area contributed by atoms with E-state index in [4.69, 9.17) is 18.9 Å². The quantitative estimate of drug-likeness (QED) is 0.0364. The van der Waals surface area contributed by atoms with Crippen molar-refractivity contribution < 1.29 is 33.3 Å². The van der Waals surface area contributed by atoms with Crippen molar-refractivity contribution in [2.24, 2.45) is 23.2 Å². The van der Waals surface area contributed by atoms with E-state index in [9.17, 15) is 14.4 Å². The third-order valence-electron chi connectivity index (χ3n) is 9.73. The molecule has 1 unspecified atom stereocenters. The van der Waals surface area contributed by atoms with Gasteiger partial charge in [0, 0.05) is 13.0 Å². The van der Waals surface area contributed by atoms with E-state index in [1.54, 1.807) is 0 Å². The minimum Gasteiger partial charge on any atom is -0.465 e. The Hall–Kier alpha value is -2.35. The summed E-state index contributed by atoms with van der Waals surface area (Å²) in [5, 5.41) is 0. The van der Waals surface area contributed by atoms with E-state index >= 15 is 0 Å². The SMILES string of the molecule is CCCCC/C=C\C/C=C\CCCCCCCC(=O)OCC(COC(=O)OCCCN(CC)CC)COC(=O)C1CCC(C(C)(C)C)CC1. The van der Waals surface area contributed by atoms with Crippen LogP contribution < -0.4 is 0 Å². The Morgan fingerprint density at radius 1 is 0.694 bits per heavy atom. The molecule has 1 aliphatic carbocycles. The maximum absolute atomic E-state index is 12.9. The summed E-state index contributed by atoms with van der Waals surface area (Å²) in [4.78, 5) is 39.9. The van der Waals surface area contributed by atoms with Gasteiger partial charge in [0.25, 0.3) is 0 Å². The molecule has 0 aromatic carbocycles. The average molecular weight is 692 g/mol. The van der Waals surface area contributed by atoms with Crippen LogP contribution in [0.2, 0.25) is 0 Å². The summed E-state index contributed by atoms with van der Waals surface area (Å²) >= 11 is 0. The van der Waals surface area contributed by atoms with Gasteiger partial charge in [0.05, 0.1) is 18.4 Å². The van der Waals surface area contributed by atoms with E-state index in [-0.39, 0.29) is 49.7 Å². The van der Waals surface area contributed by atoms with Gasteiger partial charge in [0.1, 0.15) is 19.8 Å². The van der Waals surface area contributed by atoms with Crippen molar-refractivity contribution in [2.75, 3.05) is 46.1 Å². The summed E-state index contributed by atoms with van der Waals surface area (Å²) in [5.74, 6) is -0.451. The van der Waals surface area contributed by atoms with Crippen LogP contribution in [0.3, 0.4) is 0 Å². The van der Waals surface area contributed by atoms with Crippen LogP contribution >= 0.6 is 0 Å². The highest BCUT2D eigenvalue weighted by molar-refractivity contribution is 5.72. The molecule has 49 heavy (non-hydrogen) atoms. The van der Waals surface area contributed by atoms with Gasteiger partial charge in [-0.25, -0.2) is 4.79 Å². The number of hydrogen-bond acceptors (Lipinski definition) is 8. The van der Waals surface area contributed by atoms with Gasteiger partial charge in [-0.1, -0.05) is 98.0 Å². The number of nitrogens with zero attached hydrogens (tertiary/aromatic N) is 1. The Labute approximate surface area is 300 Å².